The molecule has 1 aliphatic carbocycles. The van der Waals surface area contributed by atoms with E-state index in [2.05, 4.69) is 16.5 Å². The first kappa shape index (κ1) is 11.6. The van der Waals surface area contributed by atoms with Crippen molar-refractivity contribution in [2.75, 3.05) is 26.8 Å². The van der Waals surface area contributed by atoms with Crippen LogP contribution in [-0.4, -0.2) is 36.6 Å². The van der Waals surface area contributed by atoms with Crippen molar-refractivity contribution in [1.82, 2.24) is 15.1 Å². The summed E-state index contributed by atoms with van der Waals surface area (Å²) in [6, 6.07) is 2.12. The van der Waals surface area contributed by atoms with E-state index in [4.69, 9.17) is 4.74 Å². The summed E-state index contributed by atoms with van der Waals surface area (Å²) in [6.07, 6.45) is 5.77. The number of nitrogens with zero attached hydrogens (tertiary/aromatic N) is 2. The van der Waals surface area contributed by atoms with Crippen LogP contribution in [0.5, 0.6) is 0 Å². The van der Waals surface area contributed by atoms with Gasteiger partial charge in [0.05, 0.1) is 12.3 Å². The second-order valence-electron chi connectivity index (χ2n) is 4.83. The zero-order valence-electron chi connectivity index (χ0n) is 10.2. The SMILES string of the molecule is COCCNCC1(Cc2ccn(C)n2)CC1. The highest BCUT2D eigenvalue weighted by Crippen LogP contribution is 2.47. The molecule has 0 unspecified atom stereocenters. The van der Waals surface area contributed by atoms with Gasteiger partial charge in [0.15, 0.2) is 0 Å². The number of rotatable bonds is 7. The molecule has 0 amide bonds. The lowest BCUT2D eigenvalue weighted by molar-refractivity contribution is 0.197. The van der Waals surface area contributed by atoms with Gasteiger partial charge in [0.1, 0.15) is 0 Å². The summed E-state index contributed by atoms with van der Waals surface area (Å²) in [5.41, 5.74) is 1.69. The van der Waals surface area contributed by atoms with Gasteiger partial charge in [-0.05, 0) is 30.7 Å². The fourth-order valence-corrected chi connectivity index (χ4v) is 2.06. The number of aromatic nitrogens is 2. The fourth-order valence-electron chi connectivity index (χ4n) is 2.06. The van der Waals surface area contributed by atoms with E-state index in [-0.39, 0.29) is 0 Å². The van der Waals surface area contributed by atoms with Gasteiger partial charge >= 0.3 is 0 Å². The summed E-state index contributed by atoms with van der Waals surface area (Å²) in [4.78, 5) is 0. The van der Waals surface area contributed by atoms with Crippen molar-refractivity contribution in [2.45, 2.75) is 19.3 Å². The number of ether oxygens (including phenoxy) is 1. The lowest BCUT2D eigenvalue weighted by atomic mass is 10.0. The predicted octanol–water partition coefficient (Wildman–Crippen LogP) is 0.979. The number of hydrogen-bond donors (Lipinski definition) is 1. The van der Waals surface area contributed by atoms with Crippen LogP contribution in [0, 0.1) is 5.41 Å². The van der Waals surface area contributed by atoms with Crippen molar-refractivity contribution in [2.24, 2.45) is 12.5 Å². The van der Waals surface area contributed by atoms with E-state index >= 15 is 0 Å². The van der Waals surface area contributed by atoms with Crippen molar-refractivity contribution in [1.29, 1.82) is 0 Å². The van der Waals surface area contributed by atoms with E-state index in [0.717, 1.165) is 26.1 Å². The molecule has 1 aromatic heterocycles. The van der Waals surface area contributed by atoms with Gasteiger partial charge in [-0.25, -0.2) is 0 Å². The average molecular weight is 223 g/mol. The van der Waals surface area contributed by atoms with Gasteiger partial charge in [0.2, 0.25) is 0 Å². The Morgan fingerprint density at radius 3 is 2.94 bits per heavy atom. The van der Waals surface area contributed by atoms with Crippen molar-refractivity contribution >= 4 is 0 Å². The standard InChI is InChI=1S/C12H21N3O/c1-15-7-3-11(14-15)9-12(4-5-12)10-13-6-8-16-2/h3,7,13H,4-6,8-10H2,1-2H3. The molecule has 4 nitrogen and oxygen atoms in total. The smallest absolute Gasteiger partial charge is 0.0630 e. The van der Waals surface area contributed by atoms with Gasteiger partial charge in [-0.15, -0.1) is 0 Å². The molecule has 0 aromatic carbocycles. The minimum atomic E-state index is 0.474. The van der Waals surface area contributed by atoms with Crippen molar-refractivity contribution in [3.05, 3.63) is 18.0 Å². The zero-order valence-corrected chi connectivity index (χ0v) is 10.2. The summed E-state index contributed by atoms with van der Waals surface area (Å²) in [5, 5.41) is 7.90. The fraction of sp³-hybridized carbons (Fsp3) is 0.750. The summed E-state index contributed by atoms with van der Waals surface area (Å²) in [5.74, 6) is 0. The van der Waals surface area contributed by atoms with Crippen molar-refractivity contribution < 1.29 is 4.74 Å². The minimum absolute atomic E-state index is 0.474. The Hall–Kier alpha value is -0.870. The Kier molecular flexibility index (Phi) is 3.61. The maximum atomic E-state index is 5.02. The van der Waals surface area contributed by atoms with Crippen LogP contribution in [0.2, 0.25) is 0 Å². The van der Waals surface area contributed by atoms with Gasteiger partial charge in [0, 0.05) is 33.4 Å². The number of aryl methyl sites for hydroxylation is 1. The second-order valence-corrected chi connectivity index (χ2v) is 4.83. The van der Waals surface area contributed by atoms with Crippen LogP contribution in [0.3, 0.4) is 0 Å². The molecular formula is C12H21N3O. The van der Waals surface area contributed by atoms with Gasteiger partial charge in [-0.2, -0.15) is 5.10 Å². The summed E-state index contributed by atoms with van der Waals surface area (Å²) in [6.45, 7) is 2.83. The van der Waals surface area contributed by atoms with Crippen LogP contribution in [0.25, 0.3) is 0 Å². The van der Waals surface area contributed by atoms with E-state index in [0.29, 0.717) is 5.41 Å². The quantitative estimate of drug-likeness (QED) is 0.700. The van der Waals surface area contributed by atoms with E-state index in [1.54, 1.807) is 7.11 Å². The van der Waals surface area contributed by atoms with E-state index in [1.807, 2.05) is 17.9 Å². The van der Waals surface area contributed by atoms with Crippen LogP contribution < -0.4 is 5.32 Å². The lowest BCUT2D eigenvalue weighted by Gasteiger charge is -2.14. The van der Waals surface area contributed by atoms with Crippen LogP contribution >= 0.6 is 0 Å². The zero-order chi connectivity index (χ0) is 11.4. The molecule has 1 fully saturated rings. The first-order chi connectivity index (χ1) is 7.74. The molecule has 0 bridgehead atoms. The monoisotopic (exact) mass is 223 g/mol. The maximum Gasteiger partial charge on any atom is 0.0630 e. The molecule has 1 aliphatic rings. The van der Waals surface area contributed by atoms with E-state index in [9.17, 15) is 0 Å². The highest BCUT2D eigenvalue weighted by atomic mass is 16.5. The molecule has 1 heterocycles. The van der Waals surface area contributed by atoms with Crippen LogP contribution in [-0.2, 0) is 18.2 Å². The van der Waals surface area contributed by atoms with Crippen molar-refractivity contribution in [3.8, 4) is 0 Å². The molecule has 2 rings (SSSR count). The Balaban J connectivity index is 1.75. The number of hydrogen-bond acceptors (Lipinski definition) is 3. The molecule has 0 spiro atoms. The van der Waals surface area contributed by atoms with E-state index < -0.39 is 0 Å². The molecule has 1 N–H and O–H groups in total. The molecule has 0 radical (unpaired) electrons. The summed E-state index contributed by atoms with van der Waals surface area (Å²) < 4.78 is 6.90. The Labute approximate surface area is 97.0 Å². The highest BCUT2D eigenvalue weighted by Gasteiger charge is 2.42. The maximum absolute atomic E-state index is 5.02. The normalized spacial score (nSPS) is 17.6. The van der Waals surface area contributed by atoms with Gasteiger partial charge in [-0.1, -0.05) is 0 Å². The average Bonchev–Trinajstić information content (AvgIpc) is 2.90. The molecule has 1 aromatic rings. The third kappa shape index (κ3) is 3.06. The molecule has 0 aliphatic heterocycles. The lowest BCUT2D eigenvalue weighted by Crippen LogP contribution is -2.28. The van der Waals surface area contributed by atoms with Crippen molar-refractivity contribution in [3.63, 3.8) is 0 Å². The van der Waals surface area contributed by atoms with E-state index in [1.165, 1.54) is 18.5 Å². The first-order valence-corrected chi connectivity index (χ1v) is 5.92. The highest BCUT2D eigenvalue weighted by molar-refractivity contribution is 5.08. The van der Waals surface area contributed by atoms with Gasteiger partial charge in [-0.3, -0.25) is 4.68 Å². The Morgan fingerprint density at radius 2 is 2.38 bits per heavy atom. The topological polar surface area (TPSA) is 39.1 Å². The molecule has 90 valence electrons. The second kappa shape index (κ2) is 4.97. The molecule has 16 heavy (non-hydrogen) atoms. The summed E-state index contributed by atoms with van der Waals surface area (Å²) >= 11 is 0. The third-order valence-corrected chi connectivity index (χ3v) is 3.27. The molecule has 0 atom stereocenters. The predicted molar refractivity (Wildman–Crippen MR) is 63.3 cm³/mol. The first-order valence-electron chi connectivity index (χ1n) is 5.92. The number of methoxy groups -OCH3 is 1. The minimum Gasteiger partial charge on any atom is -0.383 e. The van der Waals surface area contributed by atoms with Crippen LogP contribution in [0.1, 0.15) is 18.5 Å². The number of nitrogens with one attached hydrogen (secondary N) is 1. The van der Waals surface area contributed by atoms with Crippen LogP contribution in [0.4, 0.5) is 0 Å². The molecule has 4 heteroatoms. The molecule has 0 saturated heterocycles. The largest absolute Gasteiger partial charge is 0.383 e. The van der Waals surface area contributed by atoms with Crippen LogP contribution in [0.15, 0.2) is 12.3 Å². The van der Waals surface area contributed by atoms with Gasteiger partial charge < -0.3 is 10.1 Å². The molecular weight excluding hydrogens is 202 g/mol. The third-order valence-electron chi connectivity index (χ3n) is 3.27. The molecule has 1 saturated carbocycles. The summed E-state index contributed by atoms with van der Waals surface area (Å²) in [7, 11) is 3.71. The Morgan fingerprint density at radius 1 is 1.56 bits per heavy atom. The Bertz CT molecular complexity index is 331. The van der Waals surface area contributed by atoms with Gasteiger partial charge in [0.25, 0.3) is 0 Å².